The third kappa shape index (κ3) is 8.99. The number of amides is 4. The van der Waals surface area contributed by atoms with E-state index in [-0.39, 0.29) is 37.4 Å². The van der Waals surface area contributed by atoms with E-state index in [9.17, 15) is 29.1 Å². The molecule has 0 saturated carbocycles. The van der Waals surface area contributed by atoms with Crippen LogP contribution in [0, 0.1) is 11.8 Å². The average Bonchev–Trinajstić information content (AvgIpc) is 3.70. The number of aliphatic hydroxyl groups excluding tert-OH is 1. The van der Waals surface area contributed by atoms with Gasteiger partial charge in [0.2, 0.25) is 23.6 Å². The van der Waals surface area contributed by atoms with E-state index in [0.29, 0.717) is 19.4 Å². The minimum absolute atomic E-state index is 0.181. The third-order valence-electron chi connectivity index (χ3n) is 9.40. The molecule has 0 spiro atoms. The molecule has 3 aromatic heterocycles. The van der Waals surface area contributed by atoms with E-state index in [1.165, 1.54) is 11.9 Å². The predicted molar refractivity (Wildman–Crippen MR) is 189 cm³/mol. The van der Waals surface area contributed by atoms with Crippen LogP contribution in [0.2, 0.25) is 0 Å². The first-order valence-corrected chi connectivity index (χ1v) is 17.3. The number of hydrogen-bond acceptors (Lipinski definition) is 7. The first kappa shape index (κ1) is 36.7. The minimum Gasteiger partial charge on any atom is -0.513 e. The summed E-state index contributed by atoms with van der Waals surface area (Å²) in [4.78, 5) is 73.2. The number of carbonyl (C=O) groups is 5. The SMILES string of the molecule is C=C(O)C[C@@H]1NC(=O)CNC(=O)C(CCCC[n+]2ccn3ncccc32)NC(=O)[C@H](C(C)C)N(C)C(=O)[C@@H](Cc2c[nH]c3ccccc23)CC1=O. The number of aromatic amines is 1. The maximum absolute atomic E-state index is 14.3. The summed E-state index contributed by atoms with van der Waals surface area (Å²) in [5.74, 6) is -4.22. The van der Waals surface area contributed by atoms with Crippen LogP contribution in [0.1, 0.15) is 51.5 Å². The number of nitrogens with zero attached hydrogens (tertiary/aromatic N) is 4. The Kier molecular flexibility index (Phi) is 11.9. The number of unbranched alkanes of at least 4 members (excludes halogenated alkanes) is 1. The Morgan fingerprint density at radius 2 is 1.82 bits per heavy atom. The Bertz CT molecular complexity index is 1910. The molecule has 270 valence electrons. The third-order valence-corrected chi connectivity index (χ3v) is 9.40. The van der Waals surface area contributed by atoms with E-state index in [1.54, 1.807) is 16.9 Å². The van der Waals surface area contributed by atoms with Crippen LogP contribution in [0.25, 0.3) is 16.6 Å². The van der Waals surface area contributed by atoms with Crippen molar-refractivity contribution < 1.29 is 33.6 Å². The van der Waals surface area contributed by atoms with Gasteiger partial charge in [-0.15, -0.1) is 4.52 Å². The number of Topliss-reactive ketones (excluding diaryl/α,β-unsaturated/α-hetero) is 1. The minimum atomic E-state index is -1.19. The first-order valence-electron chi connectivity index (χ1n) is 17.3. The number of nitrogens with one attached hydrogen (secondary N) is 4. The Hall–Kier alpha value is -5.53. The molecule has 51 heavy (non-hydrogen) atoms. The molecule has 4 atom stereocenters. The number of aromatic nitrogens is 4. The summed E-state index contributed by atoms with van der Waals surface area (Å²) < 4.78 is 3.81. The van der Waals surface area contributed by atoms with Crippen LogP contribution >= 0.6 is 0 Å². The molecule has 14 heteroatoms. The summed E-state index contributed by atoms with van der Waals surface area (Å²) in [6.07, 6.45) is 8.48. The highest BCUT2D eigenvalue weighted by molar-refractivity contribution is 5.97. The van der Waals surface area contributed by atoms with Crippen LogP contribution in [-0.2, 0) is 36.9 Å². The van der Waals surface area contributed by atoms with Gasteiger partial charge in [0.05, 0.1) is 31.1 Å². The van der Waals surface area contributed by atoms with Gasteiger partial charge in [-0.05, 0) is 49.3 Å². The number of ketones is 1. The van der Waals surface area contributed by atoms with Crippen molar-refractivity contribution in [3.63, 3.8) is 0 Å². The van der Waals surface area contributed by atoms with Gasteiger partial charge in [0.25, 0.3) is 0 Å². The molecule has 1 aromatic carbocycles. The van der Waals surface area contributed by atoms with Crippen molar-refractivity contribution in [1.29, 1.82) is 0 Å². The topological polar surface area (TPSA) is 182 Å². The van der Waals surface area contributed by atoms with Crippen LogP contribution in [0.4, 0.5) is 0 Å². The molecule has 4 heterocycles. The van der Waals surface area contributed by atoms with Crippen molar-refractivity contribution >= 4 is 46.0 Å². The zero-order chi connectivity index (χ0) is 36.7. The largest absolute Gasteiger partial charge is 0.513 e. The maximum Gasteiger partial charge on any atom is 0.307 e. The molecule has 0 radical (unpaired) electrons. The lowest BCUT2D eigenvalue weighted by molar-refractivity contribution is -0.671. The molecule has 4 amide bonds. The van der Waals surface area contributed by atoms with Crippen LogP contribution in [0.5, 0.6) is 0 Å². The summed E-state index contributed by atoms with van der Waals surface area (Å²) in [6, 6.07) is 8.29. The molecule has 0 aliphatic carbocycles. The van der Waals surface area contributed by atoms with Gasteiger partial charge in [-0.2, -0.15) is 0 Å². The van der Waals surface area contributed by atoms with Gasteiger partial charge < -0.3 is 30.9 Å². The molecule has 1 unspecified atom stereocenters. The highest BCUT2D eigenvalue weighted by atomic mass is 16.3. The van der Waals surface area contributed by atoms with E-state index in [0.717, 1.165) is 22.1 Å². The molecular formula is C37H47N8O6+. The number of imidazole rings is 1. The molecule has 1 aliphatic rings. The van der Waals surface area contributed by atoms with E-state index < -0.39 is 60.0 Å². The molecule has 0 bridgehead atoms. The average molecular weight is 700 g/mol. The standard InChI is InChI=1S/C37H46N8O6/c1-23(2)34-36(50)42-29(12-7-8-15-44-16-17-45-33(44)13-9-14-40-45)35(49)39-22-32(48)41-30(18-24(3)46)31(47)20-25(37(51)43(34)4)19-26-21-38-28-11-6-5-10-27(26)28/h5-6,9-11,13-14,16-17,21,23,25,29-30,34,38H,3,7-8,12,15,18-20,22H2,1-2,4H3,(H3-,39,41,42,46,48,49,50)/p+1/t25-,29?,30-,34-/m0/s1. The van der Waals surface area contributed by atoms with Crippen LogP contribution in [-0.4, -0.2) is 85.7 Å². The van der Waals surface area contributed by atoms with Crippen molar-refractivity contribution in [2.75, 3.05) is 13.6 Å². The normalized spacial score (nSPS) is 21.3. The summed E-state index contributed by atoms with van der Waals surface area (Å²) in [7, 11) is 1.54. The summed E-state index contributed by atoms with van der Waals surface area (Å²) in [5, 5.41) is 23.3. The maximum atomic E-state index is 14.3. The predicted octanol–water partition coefficient (Wildman–Crippen LogP) is 2.14. The smallest absolute Gasteiger partial charge is 0.307 e. The number of aliphatic hydroxyl groups is 1. The monoisotopic (exact) mass is 699 g/mol. The fourth-order valence-corrected chi connectivity index (χ4v) is 6.85. The molecule has 1 saturated heterocycles. The van der Waals surface area contributed by atoms with Gasteiger partial charge in [0.15, 0.2) is 12.0 Å². The van der Waals surface area contributed by atoms with Gasteiger partial charge in [0, 0.05) is 49.0 Å². The van der Waals surface area contributed by atoms with Gasteiger partial charge in [-0.1, -0.05) is 43.7 Å². The molecule has 1 aliphatic heterocycles. The number of fused-ring (bicyclic) bond motifs is 2. The number of H-pyrrole nitrogens is 1. The highest BCUT2D eigenvalue weighted by Crippen LogP contribution is 2.26. The molecular weight excluding hydrogens is 652 g/mol. The Morgan fingerprint density at radius 3 is 2.59 bits per heavy atom. The van der Waals surface area contributed by atoms with Crippen molar-refractivity contribution in [1.82, 2.24) is 35.4 Å². The number of rotatable bonds is 10. The quantitative estimate of drug-likeness (QED) is 0.0955. The van der Waals surface area contributed by atoms with E-state index in [4.69, 9.17) is 0 Å². The second-order valence-electron chi connectivity index (χ2n) is 13.6. The van der Waals surface area contributed by atoms with Gasteiger partial charge >= 0.3 is 5.65 Å². The fourth-order valence-electron chi connectivity index (χ4n) is 6.85. The number of benzene rings is 1. The van der Waals surface area contributed by atoms with Crippen LogP contribution < -0.4 is 20.5 Å². The van der Waals surface area contributed by atoms with Crippen molar-refractivity contribution in [3.8, 4) is 0 Å². The highest BCUT2D eigenvalue weighted by Gasteiger charge is 2.37. The van der Waals surface area contributed by atoms with E-state index >= 15 is 0 Å². The van der Waals surface area contributed by atoms with Crippen LogP contribution in [0.15, 0.2) is 73.5 Å². The Balaban J connectivity index is 1.40. The number of aryl methyl sites for hydroxylation is 1. The van der Waals surface area contributed by atoms with Gasteiger partial charge in [0.1, 0.15) is 18.3 Å². The van der Waals surface area contributed by atoms with Crippen LogP contribution in [0.3, 0.4) is 0 Å². The number of hydrogen-bond donors (Lipinski definition) is 5. The molecule has 1 fully saturated rings. The molecule has 5 N–H and O–H groups in total. The molecule has 14 nitrogen and oxygen atoms in total. The molecule has 5 rings (SSSR count). The van der Waals surface area contributed by atoms with Gasteiger partial charge in [-0.3, -0.25) is 24.0 Å². The van der Waals surface area contributed by atoms with Crippen molar-refractivity contribution in [3.05, 3.63) is 79.1 Å². The summed E-state index contributed by atoms with van der Waals surface area (Å²) in [5.41, 5.74) is 2.61. The number of likely N-dealkylation sites (N-methyl/N-ethyl adjacent to an activating group) is 1. The Morgan fingerprint density at radius 1 is 1.04 bits per heavy atom. The zero-order valence-corrected chi connectivity index (χ0v) is 29.3. The van der Waals surface area contributed by atoms with E-state index in [1.807, 2.05) is 67.2 Å². The zero-order valence-electron chi connectivity index (χ0n) is 29.3. The summed E-state index contributed by atoms with van der Waals surface area (Å²) >= 11 is 0. The second-order valence-corrected chi connectivity index (χ2v) is 13.6. The second kappa shape index (κ2) is 16.5. The van der Waals surface area contributed by atoms with Crippen molar-refractivity contribution in [2.24, 2.45) is 11.8 Å². The number of para-hydroxylation sites is 1. The number of carbonyl (C=O) groups excluding carboxylic acids is 5. The molecule has 4 aromatic rings. The van der Waals surface area contributed by atoms with Gasteiger partial charge in [-0.25, -0.2) is 4.57 Å². The lowest BCUT2D eigenvalue weighted by Crippen LogP contribution is -2.57. The lowest BCUT2D eigenvalue weighted by atomic mass is 9.88. The fraction of sp³-hybridized carbons (Fsp3) is 0.432. The summed E-state index contributed by atoms with van der Waals surface area (Å²) in [6.45, 7) is 7.32. The van der Waals surface area contributed by atoms with Crippen molar-refractivity contribution in [2.45, 2.75) is 77.0 Å². The first-order chi connectivity index (χ1) is 24.4. The Labute approximate surface area is 296 Å². The lowest BCUT2D eigenvalue weighted by Gasteiger charge is -2.34. The van der Waals surface area contributed by atoms with E-state index in [2.05, 4.69) is 32.6 Å².